The fourth-order valence-corrected chi connectivity index (χ4v) is 3.97. The van der Waals surface area contributed by atoms with E-state index in [-0.39, 0.29) is 23.8 Å². The number of benzene rings is 1. The van der Waals surface area contributed by atoms with Crippen molar-refractivity contribution in [2.45, 2.75) is 38.0 Å². The van der Waals surface area contributed by atoms with Crippen LogP contribution in [-0.2, 0) is 17.9 Å². The summed E-state index contributed by atoms with van der Waals surface area (Å²) >= 11 is 0. The summed E-state index contributed by atoms with van der Waals surface area (Å²) in [5.41, 5.74) is 2.03. The minimum atomic E-state index is -0.205. The Kier molecular flexibility index (Phi) is 4.02. The molecule has 1 aromatic heterocycles. The molecular formula is C19H20FN3O. The van der Waals surface area contributed by atoms with Crippen LogP contribution in [0.1, 0.15) is 24.0 Å². The molecule has 3 heterocycles. The molecular weight excluding hydrogens is 305 g/mol. The van der Waals surface area contributed by atoms with Gasteiger partial charge in [-0.05, 0) is 35.7 Å². The normalized spacial score (nSPS) is 23.7. The van der Waals surface area contributed by atoms with Gasteiger partial charge in [-0.2, -0.15) is 0 Å². The van der Waals surface area contributed by atoms with Gasteiger partial charge in [0.05, 0.1) is 0 Å². The molecule has 4 nitrogen and oxygen atoms in total. The summed E-state index contributed by atoms with van der Waals surface area (Å²) in [6.45, 7) is 2.28. The number of nitrogens with zero attached hydrogens (tertiary/aromatic N) is 3. The van der Waals surface area contributed by atoms with E-state index in [0.717, 1.165) is 24.1 Å². The Labute approximate surface area is 140 Å². The van der Waals surface area contributed by atoms with Crippen LogP contribution in [-0.4, -0.2) is 39.3 Å². The molecule has 124 valence electrons. The van der Waals surface area contributed by atoms with Gasteiger partial charge in [0.1, 0.15) is 5.82 Å². The molecule has 0 bridgehead atoms. The number of pyridine rings is 1. The zero-order valence-corrected chi connectivity index (χ0v) is 13.4. The molecule has 24 heavy (non-hydrogen) atoms. The van der Waals surface area contributed by atoms with Crippen molar-refractivity contribution in [2.75, 3.05) is 6.54 Å². The van der Waals surface area contributed by atoms with Crippen LogP contribution in [0.5, 0.6) is 0 Å². The maximum Gasteiger partial charge on any atom is 0.224 e. The lowest BCUT2D eigenvalue weighted by Gasteiger charge is -2.25. The highest BCUT2D eigenvalue weighted by Crippen LogP contribution is 2.34. The van der Waals surface area contributed by atoms with Crippen molar-refractivity contribution in [1.29, 1.82) is 0 Å². The first-order valence-electron chi connectivity index (χ1n) is 8.37. The Bertz CT molecular complexity index is 736. The average molecular weight is 325 g/mol. The SMILES string of the molecule is O=C1C[C@@H]2[C@H](CCN2Cc2cccc(F)c2)N1Cc1cccnc1. The zero-order chi connectivity index (χ0) is 16.5. The maximum absolute atomic E-state index is 13.4. The van der Waals surface area contributed by atoms with Gasteiger partial charge in [-0.3, -0.25) is 14.7 Å². The van der Waals surface area contributed by atoms with E-state index in [4.69, 9.17) is 0 Å². The largest absolute Gasteiger partial charge is 0.334 e. The van der Waals surface area contributed by atoms with Crippen molar-refractivity contribution in [3.05, 3.63) is 65.7 Å². The summed E-state index contributed by atoms with van der Waals surface area (Å²) in [5.74, 6) is 0.00162. The van der Waals surface area contributed by atoms with Gasteiger partial charge in [0.15, 0.2) is 0 Å². The van der Waals surface area contributed by atoms with Gasteiger partial charge in [0.25, 0.3) is 0 Å². The predicted molar refractivity (Wildman–Crippen MR) is 88.4 cm³/mol. The fourth-order valence-electron chi connectivity index (χ4n) is 3.97. The highest BCUT2D eigenvalue weighted by Gasteiger charge is 2.46. The molecule has 0 radical (unpaired) electrons. The zero-order valence-electron chi connectivity index (χ0n) is 13.4. The Morgan fingerprint density at radius 3 is 2.79 bits per heavy atom. The first-order chi connectivity index (χ1) is 11.7. The standard InChI is InChI=1S/C19H20FN3O/c20-16-5-1-3-14(9-16)12-22-8-6-17-18(22)10-19(24)23(17)13-15-4-2-7-21-11-15/h1-5,7,9,11,17-18H,6,8,10,12-13H2/t17-,18+/m0/s1. The quantitative estimate of drug-likeness (QED) is 0.867. The first-order valence-corrected chi connectivity index (χ1v) is 8.37. The maximum atomic E-state index is 13.4. The minimum Gasteiger partial charge on any atom is -0.334 e. The highest BCUT2D eigenvalue weighted by atomic mass is 19.1. The minimum absolute atomic E-state index is 0.205. The van der Waals surface area contributed by atoms with Crippen LogP contribution in [0.2, 0.25) is 0 Å². The van der Waals surface area contributed by atoms with E-state index in [1.807, 2.05) is 29.3 Å². The van der Waals surface area contributed by atoms with Crippen molar-refractivity contribution < 1.29 is 9.18 Å². The summed E-state index contributed by atoms with van der Waals surface area (Å²) < 4.78 is 13.4. The van der Waals surface area contributed by atoms with Crippen LogP contribution in [0.25, 0.3) is 0 Å². The summed E-state index contributed by atoms with van der Waals surface area (Å²) in [4.78, 5) is 20.9. The number of carbonyl (C=O) groups is 1. The molecule has 1 amide bonds. The lowest BCUT2D eigenvalue weighted by Crippen LogP contribution is -2.36. The van der Waals surface area contributed by atoms with Crippen molar-refractivity contribution in [1.82, 2.24) is 14.8 Å². The van der Waals surface area contributed by atoms with E-state index in [1.54, 1.807) is 18.3 Å². The third-order valence-corrected chi connectivity index (χ3v) is 5.08. The van der Waals surface area contributed by atoms with Gasteiger partial charge in [-0.1, -0.05) is 18.2 Å². The lowest BCUT2D eigenvalue weighted by molar-refractivity contribution is -0.129. The molecule has 2 aliphatic heterocycles. The average Bonchev–Trinajstić information content (AvgIpc) is 3.09. The molecule has 0 unspecified atom stereocenters. The van der Waals surface area contributed by atoms with Gasteiger partial charge >= 0.3 is 0 Å². The fraction of sp³-hybridized carbons (Fsp3) is 0.368. The van der Waals surface area contributed by atoms with E-state index in [1.165, 1.54) is 6.07 Å². The van der Waals surface area contributed by atoms with E-state index in [0.29, 0.717) is 19.5 Å². The number of likely N-dealkylation sites (tertiary alicyclic amines) is 2. The second-order valence-corrected chi connectivity index (χ2v) is 6.61. The lowest BCUT2D eigenvalue weighted by atomic mass is 10.1. The number of amides is 1. The molecule has 0 N–H and O–H groups in total. The van der Waals surface area contributed by atoms with Gasteiger partial charge < -0.3 is 4.90 Å². The molecule has 0 aliphatic carbocycles. The number of fused-ring (bicyclic) bond motifs is 1. The molecule has 2 aromatic rings. The Morgan fingerprint density at radius 2 is 2.00 bits per heavy atom. The van der Waals surface area contributed by atoms with Crippen LogP contribution in [0.15, 0.2) is 48.8 Å². The first kappa shape index (κ1) is 15.3. The van der Waals surface area contributed by atoms with Gasteiger partial charge in [-0.15, -0.1) is 0 Å². The van der Waals surface area contributed by atoms with Crippen LogP contribution < -0.4 is 0 Å². The Balaban J connectivity index is 1.47. The molecule has 2 fully saturated rings. The van der Waals surface area contributed by atoms with Crippen LogP contribution >= 0.6 is 0 Å². The third kappa shape index (κ3) is 2.91. The summed E-state index contributed by atoms with van der Waals surface area (Å²) in [7, 11) is 0. The van der Waals surface area contributed by atoms with Gasteiger partial charge in [0.2, 0.25) is 5.91 Å². The van der Waals surface area contributed by atoms with Crippen LogP contribution in [0, 0.1) is 5.82 Å². The van der Waals surface area contributed by atoms with Gasteiger partial charge in [-0.25, -0.2) is 4.39 Å². The predicted octanol–water partition coefficient (Wildman–Crippen LogP) is 2.60. The highest BCUT2D eigenvalue weighted by molar-refractivity contribution is 5.80. The summed E-state index contributed by atoms with van der Waals surface area (Å²) in [5, 5.41) is 0. The number of halogens is 1. The van der Waals surface area contributed by atoms with Gasteiger partial charge in [0, 0.05) is 50.5 Å². The molecule has 2 aliphatic rings. The number of hydrogen-bond donors (Lipinski definition) is 0. The van der Waals surface area contributed by atoms with Crippen molar-refractivity contribution in [3.8, 4) is 0 Å². The molecule has 5 heteroatoms. The van der Waals surface area contributed by atoms with E-state index < -0.39 is 0 Å². The smallest absolute Gasteiger partial charge is 0.224 e. The second-order valence-electron chi connectivity index (χ2n) is 6.61. The number of carbonyl (C=O) groups excluding carboxylic acids is 1. The molecule has 2 saturated heterocycles. The summed E-state index contributed by atoms with van der Waals surface area (Å²) in [6, 6.07) is 11.1. The van der Waals surface area contributed by atoms with Crippen LogP contribution in [0.3, 0.4) is 0 Å². The molecule has 2 atom stereocenters. The molecule has 0 saturated carbocycles. The monoisotopic (exact) mass is 325 g/mol. The Hall–Kier alpha value is -2.27. The third-order valence-electron chi connectivity index (χ3n) is 5.08. The van der Waals surface area contributed by atoms with E-state index in [2.05, 4.69) is 9.88 Å². The second kappa shape index (κ2) is 6.32. The Morgan fingerprint density at radius 1 is 1.12 bits per heavy atom. The van der Waals surface area contributed by atoms with Crippen LogP contribution in [0.4, 0.5) is 4.39 Å². The molecule has 0 spiro atoms. The number of hydrogen-bond acceptors (Lipinski definition) is 3. The van der Waals surface area contributed by atoms with Crippen molar-refractivity contribution in [2.24, 2.45) is 0 Å². The number of aromatic nitrogens is 1. The van der Waals surface area contributed by atoms with Crippen molar-refractivity contribution in [3.63, 3.8) is 0 Å². The molecule has 1 aromatic carbocycles. The van der Waals surface area contributed by atoms with E-state index in [9.17, 15) is 9.18 Å². The summed E-state index contributed by atoms with van der Waals surface area (Å²) in [6.07, 6.45) is 5.10. The van der Waals surface area contributed by atoms with Crippen molar-refractivity contribution >= 4 is 5.91 Å². The van der Waals surface area contributed by atoms with E-state index >= 15 is 0 Å². The molecule has 4 rings (SSSR count). The number of rotatable bonds is 4. The topological polar surface area (TPSA) is 36.4 Å².